The number of rotatable bonds is 5. The van der Waals surface area contributed by atoms with Crippen molar-refractivity contribution < 1.29 is 13.9 Å². The van der Waals surface area contributed by atoms with E-state index in [4.69, 9.17) is 4.74 Å². The fourth-order valence-electron chi connectivity index (χ4n) is 1.65. The van der Waals surface area contributed by atoms with E-state index < -0.39 is 5.91 Å². The van der Waals surface area contributed by atoms with Gasteiger partial charge in [0.25, 0.3) is 5.91 Å². The first-order valence-electron chi connectivity index (χ1n) is 6.51. The molecule has 0 atom stereocenters. The molecule has 0 aliphatic heterocycles. The number of halogens is 2. The van der Waals surface area contributed by atoms with Crippen molar-refractivity contribution in [3.8, 4) is 5.75 Å². The van der Waals surface area contributed by atoms with E-state index in [-0.39, 0.29) is 12.4 Å². The smallest absolute Gasteiger partial charge is 0.277 e. The van der Waals surface area contributed by atoms with Crippen LogP contribution in [0, 0.1) is 12.7 Å². The summed E-state index contributed by atoms with van der Waals surface area (Å²) >= 11 is 3.39. The van der Waals surface area contributed by atoms with Gasteiger partial charge in [0.15, 0.2) is 6.61 Å². The molecule has 2 rings (SSSR count). The number of ether oxygens (including phenoxy) is 1. The van der Waals surface area contributed by atoms with E-state index in [0.717, 1.165) is 10.0 Å². The predicted molar refractivity (Wildman–Crippen MR) is 86.5 cm³/mol. The maximum Gasteiger partial charge on any atom is 0.277 e. The Morgan fingerprint density at radius 3 is 2.91 bits per heavy atom. The molecule has 1 N–H and O–H groups in total. The number of benzene rings is 2. The molecule has 0 radical (unpaired) electrons. The highest BCUT2D eigenvalue weighted by Crippen LogP contribution is 2.21. The molecular weight excluding hydrogens is 351 g/mol. The van der Waals surface area contributed by atoms with Crippen LogP contribution < -0.4 is 10.2 Å². The summed E-state index contributed by atoms with van der Waals surface area (Å²) in [5.41, 5.74) is 3.90. The van der Waals surface area contributed by atoms with Crippen LogP contribution in [0.3, 0.4) is 0 Å². The normalized spacial score (nSPS) is 10.7. The molecule has 0 saturated carbocycles. The molecule has 0 fully saturated rings. The van der Waals surface area contributed by atoms with Gasteiger partial charge in [-0.1, -0.05) is 28.1 Å². The molecule has 0 spiro atoms. The molecule has 0 heterocycles. The minimum Gasteiger partial charge on any atom is -0.484 e. The summed E-state index contributed by atoms with van der Waals surface area (Å²) in [6.07, 6.45) is 1.37. The maximum atomic E-state index is 13.0. The van der Waals surface area contributed by atoms with Crippen LogP contribution in [0.25, 0.3) is 0 Å². The minimum atomic E-state index is -0.395. The summed E-state index contributed by atoms with van der Waals surface area (Å²) in [5, 5.41) is 3.75. The van der Waals surface area contributed by atoms with E-state index in [2.05, 4.69) is 26.5 Å². The SMILES string of the molecule is Cc1cc(OCC(=O)NN=Cc2cccc(F)c2)ccc1Br. The Morgan fingerprint density at radius 1 is 1.36 bits per heavy atom. The highest BCUT2D eigenvalue weighted by atomic mass is 79.9. The third kappa shape index (κ3) is 4.96. The summed E-state index contributed by atoms with van der Waals surface area (Å²) in [4.78, 5) is 11.6. The predicted octanol–water partition coefficient (Wildman–Crippen LogP) is 3.43. The molecule has 2 aromatic carbocycles. The number of nitrogens with one attached hydrogen (secondary N) is 1. The number of hydrazone groups is 1. The number of carbonyl (C=O) groups is 1. The Morgan fingerprint density at radius 2 is 2.18 bits per heavy atom. The number of hydrogen-bond donors (Lipinski definition) is 1. The van der Waals surface area contributed by atoms with Crippen LogP contribution in [0.1, 0.15) is 11.1 Å². The van der Waals surface area contributed by atoms with Crippen LogP contribution in [0.4, 0.5) is 4.39 Å². The molecule has 2 aromatic rings. The van der Waals surface area contributed by atoms with Crippen molar-refractivity contribution in [2.45, 2.75) is 6.92 Å². The van der Waals surface area contributed by atoms with E-state index in [0.29, 0.717) is 11.3 Å². The van der Waals surface area contributed by atoms with Gasteiger partial charge in [-0.2, -0.15) is 5.10 Å². The summed E-state index contributed by atoms with van der Waals surface area (Å²) in [6, 6.07) is 11.3. The first kappa shape index (κ1) is 16.2. The molecule has 1 amide bonds. The maximum absolute atomic E-state index is 13.0. The fourth-order valence-corrected chi connectivity index (χ4v) is 1.90. The largest absolute Gasteiger partial charge is 0.484 e. The van der Waals surface area contributed by atoms with Gasteiger partial charge < -0.3 is 4.74 Å². The van der Waals surface area contributed by atoms with Gasteiger partial charge in [-0.15, -0.1) is 0 Å². The van der Waals surface area contributed by atoms with Crippen molar-refractivity contribution in [3.63, 3.8) is 0 Å². The lowest BCUT2D eigenvalue weighted by Crippen LogP contribution is -2.24. The van der Waals surface area contributed by atoms with E-state index in [1.807, 2.05) is 19.1 Å². The third-order valence-electron chi connectivity index (χ3n) is 2.75. The quantitative estimate of drug-likeness (QED) is 0.652. The van der Waals surface area contributed by atoms with Gasteiger partial charge in [0.05, 0.1) is 6.21 Å². The standard InChI is InChI=1S/C16H14BrFN2O2/c1-11-7-14(5-6-15(11)17)22-10-16(21)20-19-9-12-3-2-4-13(18)8-12/h2-9H,10H2,1H3,(H,20,21). The van der Waals surface area contributed by atoms with Crippen LogP contribution in [0.5, 0.6) is 5.75 Å². The van der Waals surface area contributed by atoms with Gasteiger partial charge in [0, 0.05) is 4.47 Å². The first-order valence-corrected chi connectivity index (χ1v) is 7.30. The minimum absolute atomic E-state index is 0.151. The van der Waals surface area contributed by atoms with E-state index in [1.165, 1.54) is 18.3 Å². The lowest BCUT2D eigenvalue weighted by Gasteiger charge is -2.06. The Hall–Kier alpha value is -2.21. The number of carbonyl (C=O) groups excluding carboxylic acids is 1. The summed E-state index contributed by atoms with van der Waals surface area (Å²) in [6.45, 7) is 1.78. The second kappa shape index (κ2) is 7.70. The summed E-state index contributed by atoms with van der Waals surface area (Å²) in [5.74, 6) is -0.151. The number of aryl methyl sites for hydroxylation is 1. The third-order valence-corrected chi connectivity index (χ3v) is 3.64. The van der Waals surface area contributed by atoms with E-state index in [9.17, 15) is 9.18 Å². The van der Waals surface area contributed by atoms with Crippen LogP contribution in [0.15, 0.2) is 52.0 Å². The molecule has 0 unspecified atom stereocenters. The number of amides is 1. The van der Waals surface area contributed by atoms with Gasteiger partial charge in [-0.25, -0.2) is 9.82 Å². The molecule has 0 aliphatic carbocycles. The zero-order valence-corrected chi connectivity index (χ0v) is 13.4. The molecule has 22 heavy (non-hydrogen) atoms. The Balaban J connectivity index is 1.81. The molecule has 6 heteroatoms. The average molecular weight is 365 g/mol. The molecule has 4 nitrogen and oxygen atoms in total. The Kier molecular flexibility index (Phi) is 5.66. The van der Waals surface area contributed by atoms with Crippen LogP contribution >= 0.6 is 15.9 Å². The van der Waals surface area contributed by atoms with E-state index >= 15 is 0 Å². The molecule has 0 bridgehead atoms. The van der Waals surface area contributed by atoms with Crippen molar-refractivity contribution in [1.29, 1.82) is 0 Å². The van der Waals surface area contributed by atoms with Crippen molar-refractivity contribution >= 4 is 28.1 Å². The second-order valence-corrected chi connectivity index (χ2v) is 5.40. The van der Waals surface area contributed by atoms with Gasteiger partial charge in [0.1, 0.15) is 11.6 Å². The molecule has 0 saturated heterocycles. The van der Waals surface area contributed by atoms with Gasteiger partial charge in [0.2, 0.25) is 0 Å². The van der Waals surface area contributed by atoms with Gasteiger partial charge >= 0.3 is 0 Å². The lowest BCUT2D eigenvalue weighted by molar-refractivity contribution is -0.123. The van der Waals surface area contributed by atoms with Crippen molar-refractivity contribution in [1.82, 2.24) is 5.43 Å². The zero-order chi connectivity index (χ0) is 15.9. The van der Waals surface area contributed by atoms with Crippen LogP contribution in [-0.4, -0.2) is 18.7 Å². The monoisotopic (exact) mass is 364 g/mol. The molecule has 114 valence electrons. The first-order chi connectivity index (χ1) is 10.5. The fraction of sp³-hybridized carbons (Fsp3) is 0.125. The molecule has 0 aromatic heterocycles. The molecular formula is C16H14BrFN2O2. The highest BCUT2D eigenvalue weighted by molar-refractivity contribution is 9.10. The van der Waals surface area contributed by atoms with Crippen molar-refractivity contribution in [2.75, 3.05) is 6.61 Å². The number of nitrogens with zero attached hydrogens (tertiary/aromatic N) is 1. The van der Waals surface area contributed by atoms with Crippen LogP contribution in [0.2, 0.25) is 0 Å². The average Bonchev–Trinajstić information content (AvgIpc) is 2.48. The van der Waals surface area contributed by atoms with E-state index in [1.54, 1.807) is 18.2 Å². The molecule has 0 aliphatic rings. The van der Waals surface area contributed by atoms with Gasteiger partial charge in [-0.3, -0.25) is 4.79 Å². The zero-order valence-electron chi connectivity index (χ0n) is 11.8. The Labute approximate surface area is 136 Å². The Bertz CT molecular complexity index is 704. The topological polar surface area (TPSA) is 50.7 Å². The van der Waals surface area contributed by atoms with Crippen molar-refractivity contribution in [2.24, 2.45) is 5.10 Å². The summed E-state index contributed by atoms with van der Waals surface area (Å²) < 4.78 is 19.3. The highest BCUT2D eigenvalue weighted by Gasteiger charge is 2.03. The summed E-state index contributed by atoms with van der Waals surface area (Å²) in [7, 11) is 0. The number of hydrogen-bond acceptors (Lipinski definition) is 3. The lowest BCUT2D eigenvalue weighted by atomic mass is 10.2. The van der Waals surface area contributed by atoms with Gasteiger partial charge in [-0.05, 0) is 48.4 Å². The van der Waals surface area contributed by atoms with Crippen molar-refractivity contribution in [3.05, 3.63) is 63.9 Å². The second-order valence-electron chi connectivity index (χ2n) is 4.55. The van der Waals surface area contributed by atoms with Crippen LogP contribution in [-0.2, 0) is 4.79 Å².